The quantitative estimate of drug-likeness (QED) is 0.907. The van der Waals surface area contributed by atoms with Crippen molar-refractivity contribution >= 4 is 0 Å². The van der Waals surface area contributed by atoms with E-state index in [1.165, 1.54) is 6.07 Å². The lowest BCUT2D eigenvalue weighted by Crippen LogP contribution is -2.05. The predicted molar refractivity (Wildman–Crippen MR) is 74.0 cm³/mol. The summed E-state index contributed by atoms with van der Waals surface area (Å²) < 4.78 is 5.64. The van der Waals surface area contributed by atoms with E-state index in [0.717, 1.165) is 16.9 Å². The molecule has 3 heteroatoms. The fraction of sp³-hybridized carbons (Fsp3) is 0.188. The summed E-state index contributed by atoms with van der Waals surface area (Å²) in [5, 5.41) is 18.4. The standard InChI is InChI=1S/C16H15NO2/c1-11(2)19-15-5-3-4-12(9-15)13-6-7-16(18)14(8-13)10-17/h3-9,11,18H,1-2H3. The highest BCUT2D eigenvalue weighted by molar-refractivity contribution is 5.68. The summed E-state index contributed by atoms with van der Waals surface area (Å²) >= 11 is 0. The Bertz CT molecular complexity index is 627. The molecule has 0 aliphatic heterocycles. The molecule has 2 aromatic rings. The van der Waals surface area contributed by atoms with Crippen LogP contribution in [0.4, 0.5) is 0 Å². The van der Waals surface area contributed by atoms with Crippen LogP contribution in [0.1, 0.15) is 19.4 Å². The maximum Gasteiger partial charge on any atom is 0.133 e. The van der Waals surface area contributed by atoms with Gasteiger partial charge >= 0.3 is 0 Å². The molecule has 0 atom stereocenters. The van der Waals surface area contributed by atoms with Gasteiger partial charge in [-0.25, -0.2) is 0 Å². The van der Waals surface area contributed by atoms with Crippen LogP contribution in [0.25, 0.3) is 11.1 Å². The smallest absolute Gasteiger partial charge is 0.133 e. The van der Waals surface area contributed by atoms with Crippen LogP contribution in [-0.4, -0.2) is 11.2 Å². The summed E-state index contributed by atoms with van der Waals surface area (Å²) in [4.78, 5) is 0. The van der Waals surface area contributed by atoms with E-state index < -0.39 is 0 Å². The van der Waals surface area contributed by atoms with Gasteiger partial charge in [0.1, 0.15) is 17.6 Å². The molecular formula is C16H15NO2. The molecule has 96 valence electrons. The number of nitriles is 1. The summed E-state index contributed by atoms with van der Waals surface area (Å²) in [7, 11) is 0. The van der Waals surface area contributed by atoms with Crippen molar-refractivity contribution in [2.75, 3.05) is 0 Å². The molecule has 3 nitrogen and oxygen atoms in total. The SMILES string of the molecule is CC(C)Oc1cccc(-c2ccc(O)c(C#N)c2)c1. The molecule has 0 saturated heterocycles. The van der Waals surface area contributed by atoms with Gasteiger partial charge in [-0.2, -0.15) is 5.26 Å². The van der Waals surface area contributed by atoms with E-state index in [-0.39, 0.29) is 17.4 Å². The Labute approximate surface area is 112 Å². The molecule has 0 aliphatic carbocycles. The average Bonchev–Trinajstić information content (AvgIpc) is 2.39. The maximum absolute atomic E-state index is 9.51. The van der Waals surface area contributed by atoms with E-state index >= 15 is 0 Å². The lowest BCUT2D eigenvalue weighted by atomic mass is 10.0. The minimum atomic E-state index is 0.000773. The molecule has 1 N–H and O–H groups in total. The molecule has 0 bridgehead atoms. The van der Waals surface area contributed by atoms with Gasteiger partial charge in [-0.1, -0.05) is 18.2 Å². The number of benzene rings is 2. The Morgan fingerprint density at radius 3 is 2.53 bits per heavy atom. The summed E-state index contributed by atoms with van der Waals surface area (Å²) in [5.41, 5.74) is 2.10. The summed E-state index contributed by atoms with van der Waals surface area (Å²) in [5.74, 6) is 0.792. The third-order valence-electron chi connectivity index (χ3n) is 2.66. The molecule has 0 spiro atoms. The molecule has 2 rings (SSSR count). The Balaban J connectivity index is 2.39. The number of hydrogen-bond acceptors (Lipinski definition) is 3. The van der Waals surface area contributed by atoms with E-state index in [9.17, 15) is 5.11 Å². The van der Waals surface area contributed by atoms with Crippen LogP contribution >= 0.6 is 0 Å². The fourth-order valence-corrected chi connectivity index (χ4v) is 1.83. The number of aromatic hydroxyl groups is 1. The number of hydrogen-bond donors (Lipinski definition) is 1. The van der Waals surface area contributed by atoms with Gasteiger partial charge in [-0.15, -0.1) is 0 Å². The molecule has 19 heavy (non-hydrogen) atoms. The Kier molecular flexibility index (Phi) is 3.72. The first kappa shape index (κ1) is 13.0. The number of rotatable bonds is 3. The van der Waals surface area contributed by atoms with Gasteiger partial charge in [0.15, 0.2) is 0 Å². The molecule has 0 fully saturated rings. The van der Waals surface area contributed by atoms with Gasteiger partial charge in [0.2, 0.25) is 0 Å². The van der Waals surface area contributed by atoms with Crippen LogP contribution in [0, 0.1) is 11.3 Å². The van der Waals surface area contributed by atoms with Crippen molar-refractivity contribution in [2.24, 2.45) is 0 Å². The van der Waals surface area contributed by atoms with Gasteiger partial charge in [0.05, 0.1) is 11.7 Å². The zero-order valence-electron chi connectivity index (χ0n) is 10.9. The van der Waals surface area contributed by atoms with Crippen molar-refractivity contribution in [3.05, 3.63) is 48.0 Å². The van der Waals surface area contributed by atoms with Crippen molar-refractivity contribution in [1.29, 1.82) is 5.26 Å². The normalized spacial score (nSPS) is 10.2. The zero-order chi connectivity index (χ0) is 13.8. The van der Waals surface area contributed by atoms with Gasteiger partial charge in [0, 0.05) is 0 Å². The topological polar surface area (TPSA) is 53.2 Å². The number of phenols is 1. The van der Waals surface area contributed by atoms with Crippen molar-refractivity contribution in [3.63, 3.8) is 0 Å². The minimum Gasteiger partial charge on any atom is -0.507 e. The third-order valence-corrected chi connectivity index (χ3v) is 2.66. The van der Waals surface area contributed by atoms with Gasteiger partial charge in [-0.05, 0) is 49.2 Å². The molecule has 0 saturated carbocycles. The van der Waals surface area contributed by atoms with Crippen molar-refractivity contribution < 1.29 is 9.84 Å². The van der Waals surface area contributed by atoms with Gasteiger partial charge in [0.25, 0.3) is 0 Å². The minimum absolute atomic E-state index is 0.000773. The molecule has 0 heterocycles. The van der Waals surface area contributed by atoms with Gasteiger partial charge in [-0.3, -0.25) is 0 Å². The Morgan fingerprint density at radius 1 is 1.11 bits per heavy atom. The first-order chi connectivity index (χ1) is 9.10. The highest BCUT2D eigenvalue weighted by Gasteiger charge is 2.05. The second-order valence-electron chi connectivity index (χ2n) is 4.54. The van der Waals surface area contributed by atoms with Crippen LogP contribution < -0.4 is 4.74 Å². The van der Waals surface area contributed by atoms with Crippen LogP contribution in [-0.2, 0) is 0 Å². The fourth-order valence-electron chi connectivity index (χ4n) is 1.83. The summed E-state index contributed by atoms with van der Waals surface area (Å²) in [6.07, 6.45) is 0.115. The second-order valence-corrected chi connectivity index (χ2v) is 4.54. The Hall–Kier alpha value is -2.47. The monoisotopic (exact) mass is 253 g/mol. The predicted octanol–water partition coefficient (Wildman–Crippen LogP) is 3.72. The number of phenolic OH excluding ortho intramolecular Hbond substituents is 1. The van der Waals surface area contributed by atoms with E-state index in [2.05, 4.69) is 0 Å². The van der Waals surface area contributed by atoms with E-state index in [1.807, 2.05) is 44.2 Å². The molecular weight excluding hydrogens is 238 g/mol. The highest BCUT2D eigenvalue weighted by atomic mass is 16.5. The molecule has 0 radical (unpaired) electrons. The van der Waals surface area contributed by atoms with E-state index in [0.29, 0.717) is 0 Å². The lowest BCUT2D eigenvalue weighted by molar-refractivity contribution is 0.242. The highest BCUT2D eigenvalue weighted by Crippen LogP contribution is 2.28. The number of nitrogens with zero attached hydrogens (tertiary/aromatic N) is 1. The summed E-state index contributed by atoms with van der Waals surface area (Å²) in [6.45, 7) is 3.95. The first-order valence-corrected chi connectivity index (χ1v) is 6.10. The first-order valence-electron chi connectivity index (χ1n) is 6.10. The van der Waals surface area contributed by atoms with Crippen molar-refractivity contribution in [1.82, 2.24) is 0 Å². The van der Waals surface area contributed by atoms with Crippen LogP contribution in [0.3, 0.4) is 0 Å². The largest absolute Gasteiger partial charge is 0.507 e. The van der Waals surface area contributed by atoms with E-state index in [1.54, 1.807) is 12.1 Å². The third kappa shape index (κ3) is 3.05. The van der Waals surface area contributed by atoms with Crippen LogP contribution in [0.2, 0.25) is 0 Å². The molecule has 2 aromatic carbocycles. The van der Waals surface area contributed by atoms with Crippen molar-refractivity contribution in [2.45, 2.75) is 20.0 Å². The van der Waals surface area contributed by atoms with Crippen LogP contribution in [0.15, 0.2) is 42.5 Å². The van der Waals surface area contributed by atoms with Crippen LogP contribution in [0.5, 0.6) is 11.5 Å². The average molecular weight is 253 g/mol. The second kappa shape index (κ2) is 5.45. The van der Waals surface area contributed by atoms with E-state index in [4.69, 9.17) is 10.00 Å². The maximum atomic E-state index is 9.51. The van der Waals surface area contributed by atoms with Crippen molar-refractivity contribution in [3.8, 4) is 28.7 Å². The molecule has 0 aliphatic rings. The molecule has 0 amide bonds. The number of ether oxygens (including phenoxy) is 1. The van der Waals surface area contributed by atoms with Gasteiger partial charge < -0.3 is 9.84 Å². The molecule has 0 aromatic heterocycles. The lowest BCUT2D eigenvalue weighted by Gasteiger charge is -2.11. The Morgan fingerprint density at radius 2 is 1.84 bits per heavy atom. The zero-order valence-corrected chi connectivity index (χ0v) is 10.9. The summed E-state index contributed by atoms with van der Waals surface area (Å²) in [6, 6.07) is 14.6. The molecule has 0 unspecified atom stereocenters.